The normalized spacial score (nSPS) is 25.8. The first-order valence-corrected chi connectivity index (χ1v) is 7.63. The van der Waals surface area contributed by atoms with E-state index in [-0.39, 0.29) is 0 Å². The fourth-order valence-electron chi connectivity index (χ4n) is 2.81. The second kappa shape index (κ2) is 8.89. The molecule has 1 N–H and O–H groups in total. The number of hydrogen-bond acceptors (Lipinski definition) is 3. The summed E-state index contributed by atoms with van der Waals surface area (Å²) in [4.78, 5) is 2.71. The summed E-state index contributed by atoms with van der Waals surface area (Å²) in [5.74, 6) is 0.788. The van der Waals surface area contributed by atoms with Crippen molar-refractivity contribution in [3.63, 3.8) is 0 Å². The fraction of sp³-hybridized carbons (Fsp3) is 1.00. The number of methoxy groups -OCH3 is 1. The van der Waals surface area contributed by atoms with Crippen LogP contribution in [-0.2, 0) is 4.74 Å². The number of hydrogen-bond donors (Lipinski definition) is 1. The smallest absolute Gasteiger partial charge is 0.0462 e. The first-order chi connectivity index (χ1) is 8.67. The Hall–Kier alpha value is -0.120. The van der Waals surface area contributed by atoms with Crippen LogP contribution in [0.2, 0.25) is 0 Å². The summed E-state index contributed by atoms with van der Waals surface area (Å²) < 4.78 is 5.13. The van der Waals surface area contributed by atoms with Gasteiger partial charge < -0.3 is 10.1 Å². The Morgan fingerprint density at radius 3 is 2.72 bits per heavy atom. The zero-order valence-electron chi connectivity index (χ0n) is 12.7. The minimum absolute atomic E-state index is 0.691. The Balaban J connectivity index is 2.38. The fourth-order valence-corrected chi connectivity index (χ4v) is 2.81. The van der Waals surface area contributed by atoms with Crippen molar-refractivity contribution >= 4 is 0 Å². The summed E-state index contributed by atoms with van der Waals surface area (Å²) in [6.07, 6.45) is 5.00. The molecule has 0 spiro atoms. The van der Waals surface area contributed by atoms with Crippen LogP contribution in [0.5, 0.6) is 0 Å². The van der Waals surface area contributed by atoms with Gasteiger partial charge >= 0.3 is 0 Å². The van der Waals surface area contributed by atoms with Gasteiger partial charge in [-0.3, -0.25) is 4.90 Å². The molecule has 1 saturated heterocycles. The van der Waals surface area contributed by atoms with Gasteiger partial charge in [0.05, 0.1) is 0 Å². The molecule has 0 aromatic heterocycles. The van der Waals surface area contributed by atoms with Crippen LogP contribution in [-0.4, -0.2) is 50.3 Å². The van der Waals surface area contributed by atoms with Crippen molar-refractivity contribution < 1.29 is 4.74 Å². The highest BCUT2D eigenvalue weighted by molar-refractivity contribution is 4.86. The molecule has 18 heavy (non-hydrogen) atoms. The van der Waals surface area contributed by atoms with Crippen molar-refractivity contribution in [1.29, 1.82) is 0 Å². The molecular formula is C15H32N2O. The average Bonchev–Trinajstić information content (AvgIpc) is 2.35. The van der Waals surface area contributed by atoms with Gasteiger partial charge in [-0.25, -0.2) is 0 Å². The Morgan fingerprint density at radius 2 is 2.11 bits per heavy atom. The minimum Gasteiger partial charge on any atom is -0.385 e. The average molecular weight is 256 g/mol. The molecule has 0 aromatic carbocycles. The molecular weight excluding hydrogens is 224 g/mol. The summed E-state index contributed by atoms with van der Waals surface area (Å²) in [6.45, 7) is 11.5. The lowest BCUT2D eigenvalue weighted by Gasteiger charge is -2.41. The SMILES string of the molecule is CCC1CN(CCCCOC)C(CC(C)C)CN1. The quantitative estimate of drug-likeness (QED) is 0.675. The summed E-state index contributed by atoms with van der Waals surface area (Å²) in [5, 5.41) is 3.69. The Bertz CT molecular complexity index is 209. The third-order valence-electron chi connectivity index (χ3n) is 3.89. The lowest BCUT2D eigenvalue weighted by atomic mass is 9.98. The third kappa shape index (κ3) is 5.68. The van der Waals surface area contributed by atoms with E-state index in [1.54, 1.807) is 7.11 Å². The van der Waals surface area contributed by atoms with E-state index < -0.39 is 0 Å². The predicted octanol–water partition coefficient (Wildman–Crippen LogP) is 2.51. The molecule has 0 aliphatic carbocycles. The number of unbranched alkanes of at least 4 members (excludes halogenated alkanes) is 1. The van der Waals surface area contributed by atoms with E-state index in [1.165, 1.54) is 45.3 Å². The molecule has 1 fully saturated rings. The van der Waals surface area contributed by atoms with Gasteiger partial charge in [-0.2, -0.15) is 0 Å². The highest BCUT2D eigenvalue weighted by Gasteiger charge is 2.26. The van der Waals surface area contributed by atoms with Gasteiger partial charge in [0.25, 0.3) is 0 Å². The molecule has 2 unspecified atom stereocenters. The Kier molecular flexibility index (Phi) is 7.87. The van der Waals surface area contributed by atoms with Gasteiger partial charge in [0.15, 0.2) is 0 Å². The van der Waals surface area contributed by atoms with Gasteiger partial charge in [0, 0.05) is 38.9 Å². The summed E-state index contributed by atoms with van der Waals surface area (Å²) in [5.41, 5.74) is 0. The van der Waals surface area contributed by atoms with Gasteiger partial charge in [0.1, 0.15) is 0 Å². The molecule has 1 aliphatic heterocycles. The Morgan fingerprint density at radius 1 is 1.33 bits per heavy atom. The maximum absolute atomic E-state index is 5.13. The van der Waals surface area contributed by atoms with Crippen LogP contribution in [0.25, 0.3) is 0 Å². The predicted molar refractivity (Wildman–Crippen MR) is 78.0 cm³/mol. The first-order valence-electron chi connectivity index (χ1n) is 7.63. The van der Waals surface area contributed by atoms with E-state index in [0.29, 0.717) is 6.04 Å². The van der Waals surface area contributed by atoms with Crippen LogP contribution >= 0.6 is 0 Å². The van der Waals surface area contributed by atoms with Gasteiger partial charge in [-0.1, -0.05) is 20.8 Å². The lowest BCUT2D eigenvalue weighted by Crippen LogP contribution is -2.56. The van der Waals surface area contributed by atoms with Crippen LogP contribution in [0.3, 0.4) is 0 Å². The molecule has 1 rings (SSSR count). The molecule has 1 heterocycles. The van der Waals surface area contributed by atoms with Crippen LogP contribution < -0.4 is 5.32 Å². The Labute approximate surface area is 113 Å². The monoisotopic (exact) mass is 256 g/mol. The number of nitrogens with zero attached hydrogens (tertiary/aromatic N) is 1. The zero-order valence-corrected chi connectivity index (χ0v) is 12.7. The maximum atomic E-state index is 5.13. The number of piperazine rings is 1. The molecule has 0 amide bonds. The largest absolute Gasteiger partial charge is 0.385 e. The van der Waals surface area contributed by atoms with Crippen molar-refractivity contribution in [2.24, 2.45) is 5.92 Å². The second-order valence-electron chi connectivity index (χ2n) is 5.99. The second-order valence-corrected chi connectivity index (χ2v) is 5.99. The summed E-state index contributed by atoms with van der Waals surface area (Å²) >= 11 is 0. The highest BCUT2D eigenvalue weighted by atomic mass is 16.5. The van der Waals surface area contributed by atoms with Crippen LogP contribution in [0.1, 0.15) is 46.5 Å². The molecule has 108 valence electrons. The zero-order chi connectivity index (χ0) is 13.4. The standard InChI is InChI=1S/C15H32N2O/c1-5-14-12-17(8-6-7-9-18-4)15(11-16-14)10-13(2)3/h13-16H,5-12H2,1-4H3. The molecule has 0 aromatic rings. The van der Waals surface area contributed by atoms with Crippen LogP contribution in [0.15, 0.2) is 0 Å². The first kappa shape index (κ1) is 15.9. The van der Waals surface area contributed by atoms with Gasteiger partial charge in [-0.05, 0) is 38.1 Å². The summed E-state index contributed by atoms with van der Waals surface area (Å²) in [7, 11) is 1.79. The van der Waals surface area contributed by atoms with Crippen molar-refractivity contribution in [3.8, 4) is 0 Å². The summed E-state index contributed by atoms with van der Waals surface area (Å²) in [6, 6.07) is 1.42. The van der Waals surface area contributed by atoms with E-state index in [1.807, 2.05) is 0 Å². The van der Waals surface area contributed by atoms with Gasteiger partial charge in [0.2, 0.25) is 0 Å². The molecule has 3 nitrogen and oxygen atoms in total. The molecule has 0 bridgehead atoms. The van der Waals surface area contributed by atoms with E-state index in [0.717, 1.165) is 18.6 Å². The molecule has 3 heteroatoms. The molecule has 2 atom stereocenters. The van der Waals surface area contributed by atoms with Crippen LogP contribution in [0, 0.1) is 5.92 Å². The lowest BCUT2D eigenvalue weighted by molar-refractivity contribution is 0.106. The molecule has 0 saturated carbocycles. The van der Waals surface area contributed by atoms with Crippen LogP contribution in [0.4, 0.5) is 0 Å². The van der Waals surface area contributed by atoms with Crippen molar-refractivity contribution in [1.82, 2.24) is 10.2 Å². The number of nitrogens with one attached hydrogen (secondary N) is 1. The van der Waals surface area contributed by atoms with Crippen molar-refractivity contribution in [3.05, 3.63) is 0 Å². The van der Waals surface area contributed by atoms with E-state index in [4.69, 9.17) is 4.74 Å². The topological polar surface area (TPSA) is 24.5 Å². The highest BCUT2D eigenvalue weighted by Crippen LogP contribution is 2.17. The molecule has 1 aliphatic rings. The minimum atomic E-state index is 0.691. The van der Waals surface area contributed by atoms with Crippen molar-refractivity contribution in [2.75, 3.05) is 33.4 Å². The van der Waals surface area contributed by atoms with Gasteiger partial charge in [-0.15, -0.1) is 0 Å². The molecule has 0 radical (unpaired) electrons. The number of ether oxygens (including phenoxy) is 1. The third-order valence-corrected chi connectivity index (χ3v) is 3.89. The maximum Gasteiger partial charge on any atom is 0.0462 e. The van der Waals surface area contributed by atoms with E-state index >= 15 is 0 Å². The van der Waals surface area contributed by atoms with E-state index in [9.17, 15) is 0 Å². The number of rotatable bonds is 8. The van der Waals surface area contributed by atoms with E-state index in [2.05, 4.69) is 31.0 Å². The van der Waals surface area contributed by atoms with Crippen molar-refractivity contribution in [2.45, 2.75) is 58.5 Å².